The highest BCUT2D eigenvalue weighted by atomic mass is 32.2. The van der Waals surface area contributed by atoms with Gasteiger partial charge in [-0.1, -0.05) is 12.1 Å². The van der Waals surface area contributed by atoms with Crippen molar-refractivity contribution in [3.05, 3.63) is 68.8 Å². The number of nitrogens with zero attached hydrogens (tertiary/aromatic N) is 4. The zero-order chi connectivity index (χ0) is 33.1. The van der Waals surface area contributed by atoms with Crippen LogP contribution in [0.1, 0.15) is 82.0 Å². The van der Waals surface area contributed by atoms with Crippen molar-refractivity contribution in [2.24, 2.45) is 0 Å². The highest BCUT2D eigenvalue weighted by Gasteiger charge is 2.42. The molecule has 8 heteroatoms. The maximum Gasteiger partial charge on any atom is 0.0646 e. The van der Waals surface area contributed by atoms with E-state index in [-0.39, 0.29) is 0 Å². The molecule has 3 aromatic carbocycles. The molecule has 262 valence electrons. The van der Waals surface area contributed by atoms with Crippen LogP contribution in [0.3, 0.4) is 0 Å². The molecule has 8 aliphatic heterocycles. The van der Waals surface area contributed by atoms with Gasteiger partial charge in [-0.15, -0.1) is 23.5 Å². The van der Waals surface area contributed by atoms with Gasteiger partial charge in [0, 0.05) is 88.1 Å². The van der Waals surface area contributed by atoms with Crippen molar-refractivity contribution in [3.8, 4) is 0 Å². The quantitative estimate of drug-likeness (QED) is 0.293. The molecule has 2 N–H and O–H groups in total. The van der Waals surface area contributed by atoms with Gasteiger partial charge >= 0.3 is 0 Å². The molecule has 2 fully saturated rings. The van der Waals surface area contributed by atoms with Gasteiger partial charge in [0.15, 0.2) is 0 Å². The van der Waals surface area contributed by atoms with Gasteiger partial charge in [0.25, 0.3) is 0 Å². The van der Waals surface area contributed by atoms with Crippen molar-refractivity contribution in [1.29, 1.82) is 0 Å². The molecule has 11 rings (SSSR count). The lowest BCUT2D eigenvalue weighted by molar-refractivity contribution is 0.135. The number of hydrogen-bond donors (Lipinski definition) is 2. The van der Waals surface area contributed by atoms with Crippen LogP contribution in [0.4, 0.5) is 22.7 Å². The summed E-state index contributed by atoms with van der Waals surface area (Å²) >= 11 is 4.32. The Bertz CT molecular complexity index is 1710. The summed E-state index contributed by atoms with van der Waals surface area (Å²) in [6, 6.07) is 10.5. The third-order valence-electron chi connectivity index (χ3n) is 13.6. The molecule has 0 aliphatic carbocycles. The summed E-state index contributed by atoms with van der Waals surface area (Å²) in [5.74, 6) is 1.38. The molecule has 8 heterocycles. The molecule has 50 heavy (non-hydrogen) atoms. The topological polar surface area (TPSA) is 37.0 Å². The fourth-order valence-corrected chi connectivity index (χ4v) is 13.7. The lowest BCUT2D eigenvalue weighted by Crippen LogP contribution is -2.50. The zero-order valence-corrected chi connectivity index (χ0v) is 31.6. The molecule has 6 nitrogen and oxygen atoms in total. The summed E-state index contributed by atoms with van der Waals surface area (Å²) in [6.45, 7) is 9.51. The van der Waals surface area contributed by atoms with E-state index in [2.05, 4.69) is 92.1 Å². The molecule has 0 radical (unpaired) electrons. The Labute approximate surface area is 307 Å². The number of benzene rings is 3. The molecule has 2 saturated heterocycles. The first kappa shape index (κ1) is 31.0. The minimum Gasteiger partial charge on any atom is -0.383 e. The van der Waals surface area contributed by atoms with Crippen LogP contribution in [0.25, 0.3) is 0 Å². The van der Waals surface area contributed by atoms with E-state index in [9.17, 15) is 0 Å². The highest BCUT2D eigenvalue weighted by Crippen LogP contribution is 2.51. The maximum atomic E-state index is 3.85. The number of anilines is 4. The fourth-order valence-electron chi connectivity index (χ4n) is 10.9. The fraction of sp³-hybridized carbons (Fsp3) is 0.571. The summed E-state index contributed by atoms with van der Waals surface area (Å²) in [4.78, 5) is 13.7. The molecule has 0 amide bonds. The summed E-state index contributed by atoms with van der Waals surface area (Å²) in [7, 11) is 4.59. The number of aryl methyl sites for hydroxylation is 2. The SMILES string of the molecule is CN1CCCc2cc(C3CN(C4Cc5cc6c(cc5S4)CC(N4CC(c5cc7c(c8c5CCCN8)N(C)CCC7)C4)S6)C3)c3c(c21)NCCC3. The standard InChI is InChI=1S/C42H52N6S2/c1-45-13-5-7-25-15-33(31-9-3-11-43-39(31)41(25)45)29-21-47(22-29)37-19-27-17-36-28(18-35(27)49-37)20-38(50-36)48-23-30(24-48)34-16-26-8-6-14-46(2)42(26)40-32(34)10-4-12-44-40/h15-18,29-30,37-38,43-44H,3-14,19-24H2,1-2H3. The largest absolute Gasteiger partial charge is 0.383 e. The molecule has 2 unspecified atom stereocenters. The first-order valence-corrected chi connectivity index (χ1v) is 21.6. The van der Waals surface area contributed by atoms with Crippen LogP contribution in [0, 0.1) is 0 Å². The van der Waals surface area contributed by atoms with Crippen molar-refractivity contribution < 1.29 is 0 Å². The van der Waals surface area contributed by atoms with Crippen molar-refractivity contribution in [2.45, 2.75) is 96.6 Å². The molecule has 0 aromatic heterocycles. The Balaban J connectivity index is 0.743. The number of fused-ring (bicyclic) bond motifs is 8. The predicted molar refractivity (Wildman–Crippen MR) is 211 cm³/mol. The van der Waals surface area contributed by atoms with Crippen LogP contribution in [0.2, 0.25) is 0 Å². The lowest BCUT2D eigenvalue weighted by Gasteiger charge is -2.45. The van der Waals surface area contributed by atoms with Gasteiger partial charge in [0.1, 0.15) is 0 Å². The first-order valence-electron chi connectivity index (χ1n) is 19.8. The van der Waals surface area contributed by atoms with Crippen molar-refractivity contribution >= 4 is 46.3 Å². The lowest BCUT2D eigenvalue weighted by atomic mass is 9.81. The molecule has 8 aliphatic rings. The van der Waals surface area contributed by atoms with Gasteiger partial charge in [-0.25, -0.2) is 0 Å². The highest BCUT2D eigenvalue weighted by molar-refractivity contribution is 8.00. The van der Waals surface area contributed by atoms with Crippen LogP contribution in [0.15, 0.2) is 34.1 Å². The van der Waals surface area contributed by atoms with Crippen molar-refractivity contribution in [2.75, 3.05) is 86.9 Å². The number of rotatable bonds is 4. The van der Waals surface area contributed by atoms with Crippen LogP contribution >= 0.6 is 23.5 Å². The van der Waals surface area contributed by atoms with E-state index in [1.165, 1.54) is 126 Å². The first-order chi connectivity index (χ1) is 24.6. The third kappa shape index (κ3) is 4.90. The zero-order valence-electron chi connectivity index (χ0n) is 30.0. The Morgan fingerprint density at radius 2 is 1.02 bits per heavy atom. The Hall–Kier alpha value is -2.52. The number of likely N-dealkylation sites (tertiary alicyclic amines) is 2. The Kier molecular flexibility index (Phi) is 7.46. The molecular formula is C42H52N6S2. The number of thioether (sulfide) groups is 2. The van der Waals surface area contributed by atoms with Gasteiger partial charge in [-0.3, -0.25) is 9.80 Å². The van der Waals surface area contributed by atoms with Gasteiger partial charge in [0.05, 0.1) is 33.5 Å². The number of nitrogens with one attached hydrogen (secondary N) is 2. The Morgan fingerprint density at radius 1 is 0.560 bits per heavy atom. The average Bonchev–Trinajstić information content (AvgIpc) is 3.68. The van der Waals surface area contributed by atoms with Crippen LogP contribution in [-0.2, 0) is 38.5 Å². The normalized spacial score (nSPS) is 26.1. The second-order valence-corrected chi connectivity index (χ2v) is 19.1. The van der Waals surface area contributed by atoms with Gasteiger partial charge in [-0.05, 0) is 121 Å². The second-order valence-electron chi connectivity index (χ2n) is 16.7. The van der Waals surface area contributed by atoms with Crippen molar-refractivity contribution in [3.63, 3.8) is 0 Å². The summed E-state index contributed by atoms with van der Waals surface area (Å²) < 4.78 is 0. The molecule has 0 spiro atoms. The van der Waals surface area contributed by atoms with E-state index in [0.29, 0.717) is 22.6 Å². The minimum absolute atomic E-state index is 0.607. The van der Waals surface area contributed by atoms with Gasteiger partial charge in [-0.2, -0.15) is 0 Å². The smallest absolute Gasteiger partial charge is 0.0646 e. The predicted octanol–water partition coefficient (Wildman–Crippen LogP) is 7.32. The van der Waals surface area contributed by atoms with E-state index in [1.54, 1.807) is 54.3 Å². The van der Waals surface area contributed by atoms with E-state index < -0.39 is 0 Å². The Morgan fingerprint density at radius 3 is 1.48 bits per heavy atom. The molecular weight excluding hydrogens is 653 g/mol. The minimum atomic E-state index is 0.607. The van der Waals surface area contributed by atoms with Crippen LogP contribution < -0.4 is 20.4 Å². The molecule has 0 saturated carbocycles. The molecule has 0 bridgehead atoms. The third-order valence-corrected chi connectivity index (χ3v) is 16.3. The average molecular weight is 705 g/mol. The van der Waals surface area contributed by atoms with Crippen molar-refractivity contribution in [1.82, 2.24) is 9.80 Å². The summed E-state index contributed by atoms with van der Waals surface area (Å²) in [6.07, 6.45) is 12.5. The van der Waals surface area contributed by atoms with E-state index in [0.717, 1.165) is 13.1 Å². The second kappa shape index (κ2) is 12.0. The van der Waals surface area contributed by atoms with Crippen LogP contribution in [0.5, 0.6) is 0 Å². The van der Waals surface area contributed by atoms with E-state index in [1.807, 2.05) is 0 Å². The molecule has 2 atom stereocenters. The van der Waals surface area contributed by atoms with Gasteiger partial charge < -0.3 is 20.4 Å². The monoisotopic (exact) mass is 704 g/mol. The summed E-state index contributed by atoms with van der Waals surface area (Å²) in [5.41, 5.74) is 19.0. The summed E-state index contributed by atoms with van der Waals surface area (Å²) in [5, 5.41) is 8.90. The number of hydrogen-bond acceptors (Lipinski definition) is 8. The van der Waals surface area contributed by atoms with Gasteiger partial charge in [0.2, 0.25) is 0 Å². The van der Waals surface area contributed by atoms with Crippen LogP contribution in [-0.4, -0.2) is 87.0 Å². The van der Waals surface area contributed by atoms with E-state index in [4.69, 9.17) is 0 Å². The van der Waals surface area contributed by atoms with E-state index >= 15 is 0 Å². The maximum absolute atomic E-state index is 3.85. The molecule has 3 aromatic rings.